The quantitative estimate of drug-likeness (QED) is 0.458. The molecule has 1 aliphatic heterocycles. The van der Waals surface area contributed by atoms with E-state index in [4.69, 9.17) is 0 Å². The largest absolute Gasteiger partial charge is 0.383 e. The predicted molar refractivity (Wildman–Crippen MR) is 123 cm³/mol. The maximum Gasteiger partial charge on any atom is 0.268 e. The van der Waals surface area contributed by atoms with Crippen molar-refractivity contribution in [3.05, 3.63) is 78.6 Å². The average Bonchev–Trinajstić information content (AvgIpc) is 3.04. The lowest BCUT2D eigenvalue weighted by Crippen LogP contribution is -2.17. The molecule has 0 spiro atoms. The van der Waals surface area contributed by atoms with Gasteiger partial charge < -0.3 is 10.6 Å². The van der Waals surface area contributed by atoms with E-state index in [0.29, 0.717) is 11.2 Å². The average molecular weight is 436 g/mol. The van der Waals surface area contributed by atoms with Gasteiger partial charge in [-0.3, -0.25) is 0 Å². The molecule has 3 aromatic carbocycles. The van der Waals surface area contributed by atoms with Crippen LogP contribution in [0.5, 0.6) is 0 Å². The smallest absolute Gasteiger partial charge is 0.268 e. The Morgan fingerprint density at radius 3 is 2.58 bits per heavy atom. The zero-order valence-electron chi connectivity index (χ0n) is 17.0. The van der Waals surface area contributed by atoms with Gasteiger partial charge in [0.2, 0.25) is 0 Å². The molecule has 5 rings (SSSR count). The topological polar surface area (TPSA) is 63.1 Å². The van der Waals surface area contributed by atoms with Crippen LogP contribution in [-0.4, -0.2) is 25.0 Å². The van der Waals surface area contributed by atoms with Crippen LogP contribution in [0.25, 0.3) is 22.2 Å². The van der Waals surface area contributed by atoms with E-state index in [0.717, 1.165) is 35.3 Å². The molecule has 2 N–H and O–H groups in total. The van der Waals surface area contributed by atoms with E-state index in [2.05, 4.69) is 17.6 Å². The first-order valence-electron chi connectivity index (χ1n) is 10.2. The summed E-state index contributed by atoms with van der Waals surface area (Å²) in [6.07, 6.45) is 0.949. The van der Waals surface area contributed by atoms with Crippen molar-refractivity contribution in [1.29, 1.82) is 0 Å². The highest BCUT2D eigenvalue weighted by atomic mass is 32.2. The van der Waals surface area contributed by atoms with Crippen LogP contribution in [0.15, 0.2) is 77.7 Å². The van der Waals surface area contributed by atoms with Gasteiger partial charge in [0, 0.05) is 23.5 Å². The van der Waals surface area contributed by atoms with Crippen molar-refractivity contribution >= 4 is 32.3 Å². The number of nitrogens with one attached hydrogen (secondary N) is 2. The van der Waals surface area contributed by atoms with Crippen LogP contribution in [0.1, 0.15) is 13.3 Å². The van der Waals surface area contributed by atoms with Gasteiger partial charge in [-0.1, -0.05) is 30.3 Å². The number of fused-ring (bicyclic) bond motifs is 2. The Balaban J connectivity index is 1.80. The van der Waals surface area contributed by atoms with Crippen LogP contribution in [0.4, 0.5) is 15.8 Å². The van der Waals surface area contributed by atoms with Crippen molar-refractivity contribution in [1.82, 2.24) is 3.97 Å². The molecule has 158 valence electrons. The number of nitrogens with zero attached hydrogens (tertiary/aromatic N) is 1. The molecule has 1 aromatic heterocycles. The summed E-state index contributed by atoms with van der Waals surface area (Å²) in [7, 11) is -3.97. The third-order valence-electron chi connectivity index (χ3n) is 5.64. The van der Waals surface area contributed by atoms with Gasteiger partial charge in [0.1, 0.15) is 5.82 Å². The molecule has 2 heterocycles. The molecule has 0 saturated carbocycles. The minimum atomic E-state index is -3.97. The van der Waals surface area contributed by atoms with Crippen LogP contribution >= 0.6 is 0 Å². The number of anilines is 2. The van der Waals surface area contributed by atoms with Gasteiger partial charge in [-0.25, -0.2) is 16.8 Å². The van der Waals surface area contributed by atoms with E-state index in [1.165, 1.54) is 28.2 Å². The molecule has 0 radical (unpaired) electrons. The number of halogens is 1. The second-order valence-corrected chi connectivity index (χ2v) is 9.59. The summed E-state index contributed by atoms with van der Waals surface area (Å²) >= 11 is 0. The number of hydrogen-bond acceptors (Lipinski definition) is 4. The lowest BCUT2D eigenvalue weighted by atomic mass is 10.1. The third-order valence-corrected chi connectivity index (χ3v) is 7.38. The Morgan fingerprint density at radius 2 is 1.77 bits per heavy atom. The first kappa shape index (κ1) is 19.6. The predicted octanol–water partition coefficient (Wildman–Crippen LogP) is 5.30. The Morgan fingerprint density at radius 1 is 1.00 bits per heavy atom. The van der Waals surface area contributed by atoms with Crippen LogP contribution in [-0.2, 0) is 10.0 Å². The van der Waals surface area contributed by atoms with Gasteiger partial charge in [-0.2, -0.15) is 0 Å². The Hall–Kier alpha value is -3.32. The second kappa shape index (κ2) is 7.42. The van der Waals surface area contributed by atoms with E-state index in [1.54, 1.807) is 6.07 Å². The summed E-state index contributed by atoms with van der Waals surface area (Å²) < 4.78 is 42.3. The molecule has 1 atom stereocenters. The standard InChI is InChI=1S/C24H22FN3O2S/c1-16-13-14-26-21-7-4-6-20(24(21)27-16)23-15-17-5-2-3-8-22(17)28(23)31(29,30)19-11-9-18(25)10-12-19/h2-12,15-16,26-27H,13-14H2,1H3/t16-/m1/s1. The zero-order chi connectivity index (χ0) is 21.6. The number of para-hydroxylation sites is 2. The highest BCUT2D eigenvalue weighted by Crippen LogP contribution is 2.40. The molecule has 5 nitrogen and oxygen atoms in total. The van der Waals surface area contributed by atoms with Crippen molar-refractivity contribution < 1.29 is 12.8 Å². The fourth-order valence-corrected chi connectivity index (χ4v) is 5.62. The van der Waals surface area contributed by atoms with Gasteiger partial charge in [0.25, 0.3) is 10.0 Å². The van der Waals surface area contributed by atoms with Crippen molar-refractivity contribution in [3.63, 3.8) is 0 Å². The molecule has 4 aromatic rings. The van der Waals surface area contributed by atoms with Gasteiger partial charge in [0.05, 0.1) is 27.5 Å². The van der Waals surface area contributed by atoms with Crippen molar-refractivity contribution in [3.8, 4) is 11.3 Å². The van der Waals surface area contributed by atoms with E-state index in [1.807, 2.05) is 42.5 Å². The lowest BCUT2D eigenvalue weighted by molar-refractivity contribution is 0.588. The van der Waals surface area contributed by atoms with E-state index in [-0.39, 0.29) is 10.9 Å². The fraction of sp³-hybridized carbons (Fsp3) is 0.167. The van der Waals surface area contributed by atoms with Gasteiger partial charge in [-0.05, 0) is 55.8 Å². The summed E-state index contributed by atoms with van der Waals surface area (Å²) in [5.74, 6) is -0.478. The molecule has 0 amide bonds. The summed E-state index contributed by atoms with van der Waals surface area (Å²) in [6.45, 7) is 2.94. The molecule has 0 aliphatic carbocycles. The minimum Gasteiger partial charge on any atom is -0.383 e. The van der Waals surface area contributed by atoms with Crippen LogP contribution in [0.2, 0.25) is 0 Å². The first-order valence-corrected chi connectivity index (χ1v) is 11.6. The highest BCUT2D eigenvalue weighted by molar-refractivity contribution is 7.90. The molecule has 1 aliphatic rings. The Labute approximate surface area is 180 Å². The van der Waals surface area contributed by atoms with Crippen LogP contribution in [0, 0.1) is 5.82 Å². The Kier molecular flexibility index (Phi) is 4.70. The molecule has 0 fully saturated rings. The summed E-state index contributed by atoms with van der Waals surface area (Å²) in [6, 6.07) is 20.3. The fourth-order valence-electron chi connectivity index (χ4n) is 4.10. The van der Waals surface area contributed by atoms with E-state index in [9.17, 15) is 12.8 Å². The SMILES string of the molecule is C[C@@H]1CCNc2cccc(-c3cc4ccccc4n3S(=O)(=O)c3ccc(F)cc3)c2N1. The Bertz CT molecular complexity index is 1380. The summed E-state index contributed by atoms with van der Waals surface area (Å²) in [4.78, 5) is 0.0398. The van der Waals surface area contributed by atoms with Gasteiger partial charge in [0.15, 0.2) is 0 Å². The maximum atomic E-state index is 13.7. The molecule has 0 unspecified atom stereocenters. The zero-order valence-corrected chi connectivity index (χ0v) is 17.8. The second-order valence-electron chi connectivity index (χ2n) is 7.80. The molecule has 0 saturated heterocycles. The summed E-state index contributed by atoms with van der Waals surface area (Å²) in [5, 5.41) is 7.79. The van der Waals surface area contributed by atoms with Gasteiger partial charge in [-0.15, -0.1) is 0 Å². The molecule has 31 heavy (non-hydrogen) atoms. The van der Waals surface area contributed by atoms with Crippen molar-refractivity contribution in [2.24, 2.45) is 0 Å². The van der Waals surface area contributed by atoms with E-state index < -0.39 is 15.8 Å². The van der Waals surface area contributed by atoms with Crippen LogP contribution in [0.3, 0.4) is 0 Å². The lowest BCUT2D eigenvalue weighted by Gasteiger charge is -2.19. The third kappa shape index (κ3) is 3.35. The maximum absolute atomic E-state index is 13.7. The van der Waals surface area contributed by atoms with E-state index >= 15 is 0 Å². The van der Waals surface area contributed by atoms with Crippen molar-refractivity contribution in [2.75, 3.05) is 17.2 Å². The number of rotatable bonds is 3. The minimum absolute atomic E-state index is 0.0398. The number of aromatic nitrogens is 1. The van der Waals surface area contributed by atoms with Gasteiger partial charge >= 0.3 is 0 Å². The summed E-state index contributed by atoms with van der Waals surface area (Å²) in [5.41, 5.74) is 3.75. The number of benzene rings is 3. The molecular formula is C24H22FN3O2S. The normalized spacial score (nSPS) is 16.3. The highest BCUT2D eigenvalue weighted by Gasteiger charge is 2.26. The molecule has 7 heteroatoms. The number of hydrogen-bond donors (Lipinski definition) is 2. The first-order chi connectivity index (χ1) is 14.9. The van der Waals surface area contributed by atoms with Crippen LogP contribution < -0.4 is 10.6 Å². The molecule has 0 bridgehead atoms. The molecular weight excluding hydrogens is 413 g/mol. The van der Waals surface area contributed by atoms with Crippen molar-refractivity contribution in [2.45, 2.75) is 24.3 Å². The monoisotopic (exact) mass is 435 g/mol.